The van der Waals surface area contributed by atoms with E-state index in [-0.39, 0.29) is 0 Å². The second kappa shape index (κ2) is 10.8. The minimum atomic E-state index is 0.454. The molecule has 1 N–H and O–H groups in total. The van der Waals surface area contributed by atoms with Gasteiger partial charge in [-0.1, -0.05) is 52.4 Å². The van der Waals surface area contributed by atoms with Gasteiger partial charge in [-0.2, -0.15) is 5.10 Å². The van der Waals surface area contributed by atoms with Gasteiger partial charge in [0.25, 0.3) is 0 Å². The fourth-order valence-corrected chi connectivity index (χ4v) is 2.76. The Hall–Kier alpha value is -0.830. The minimum Gasteiger partial charge on any atom is -0.314 e. The van der Waals surface area contributed by atoms with Gasteiger partial charge >= 0.3 is 0 Å². The molecule has 3 heteroatoms. The summed E-state index contributed by atoms with van der Waals surface area (Å²) >= 11 is 0. The minimum absolute atomic E-state index is 0.454. The smallest absolute Gasteiger partial charge is 0.0640 e. The van der Waals surface area contributed by atoms with Crippen LogP contribution >= 0.6 is 0 Å². The zero-order chi connectivity index (χ0) is 15.5. The Labute approximate surface area is 131 Å². The molecule has 0 aromatic carbocycles. The lowest BCUT2D eigenvalue weighted by Crippen LogP contribution is -2.31. The van der Waals surface area contributed by atoms with Crippen LogP contribution in [0.15, 0.2) is 12.3 Å². The lowest BCUT2D eigenvalue weighted by atomic mass is 10.0. The third kappa shape index (κ3) is 7.66. The molecule has 0 aliphatic rings. The second-order valence-electron chi connectivity index (χ2n) is 6.40. The molecule has 1 rings (SSSR count). The number of likely N-dealkylation sites (N-methyl/N-ethyl adjacent to an activating group) is 1. The van der Waals surface area contributed by atoms with Crippen molar-refractivity contribution in [3.05, 3.63) is 18.0 Å². The number of nitrogens with one attached hydrogen (secondary N) is 1. The monoisotopic (exact) mass is 293 g/mol. The number of nitrogens with zero attached hydrogens (tertiary/aromatic N) is 2. The van der Waals surface area contributed by atoms with E-state index in [4.69, 9.17) is 0 Å². The van der Waals surface area contributed by atoms with Crippen LogP contribution in [0.25, 0.3) is 0 Å². The van der Waals surface area contributed by atoms with E-state index < -0.39 is 0 Å². The van der Waals surface area contributed by atoms with Crippen molar-refractivity contribution < 1.29 is 0 Å². The van der Waals surface area contributed by atoms with E-state index >= 15 is 0 Å². The van der Waals surface area contributed by atoms with Crippen molar-refractivity contribution in [2.45, 2.75) is 91.1 Å². The van der Waals surface area contributed by atoms with Gasteiger partial charge in [-0.3, -0.25) is 4.68 Å². The maximum atomic E-state index is 4.68. The topological polar surface area (TPSA) is 29.9 Å². The van der Waals surface area contributed by atoms with E-state index in [0.29, 0.717) is 12.1 Å². The molecule has 0 aliphatic carbocycles. The van der Waals surface area contributed by atoms with Crippen LogP contribution in [0.2, 0.25) is 0 Å². The largest absolute Gasteiger partial charge is 0.314 e. The zero-order valence-corrected chi connectivity index (χ0v) is 14.6. The van der Waals surface area contributed by atoms with Gasteiger partial charge in [0, 0.05) is 24.7 Å². The highest BCUT2D eigenvalue weighted by atomic mass is 15.3. The normalized spacial score (nSPS) is 13.0. The van der Waals surface area contributed by atoms with E-state index in [9.17, 15) is 0 Å². The van der Waals surface area contributed by atoms with Crippen molar-refractivity contribution in [1.29, 1.82) is 0 Å². The molecule has 0 fully saturated rings. The first kappa shape index (κ1) is 18.2. The summed E-state index contributed by atoms with van der Waals surface area (Å²) in [6, 6.07) is 3.21. The van der Waals surface area contributed by atoms with Gasteiger partial charge in [0.2, 0.25) is 0 Å². The number of hydrogen-bond acceptors (Lipinski definition) is 2. The predicted octanol–water partition coefficient (Wildman–Crippen LogP) is 4.74. The molecule has 122 valence electrons. The summed E-state index contributed by atoms with van der Waals surface area (Å²) < 4.78 is 2.06. The average molecular weight is 293 g/mol. The molecule has 1 unspecified atom stereocenters. The standard InChI is InChI=1S/C18H35N3/c1-5-7-8-9-10-11-12-17(19-6-2)15-18-13-14-21(20-18)16(3)4/h13-14,16-17,19H,5-12,15H2,1-4H3. The molecular formula is C18H35N3. The highest BCUT2D eigenvalue weighted by molar-refractivity contribution is 5.02. The fourth-order valence-electron chi connectivity index (χ4n) is 2.76. The molecule has 0 saturated heterocycles. The number of unbranched alkanes of at least 4 members (excludes halogenated alkanes) is 5. The average Bonchev–Trinajstić information content (AvgIpc) is 2.91. The van der Waals surface area contributed by atoms with Gasteiger partial charge in [0.1, 0.15) is 0 Å². The van der Waals surface area contributed by atoms with E-state index in [1.165, 1.54) is 50.6 Å². The van der Waals surface area contributed by atoms with E-state index in [0.717, 1.165) is 13.0 Å². The van der Waals surface area contributed by atoms with Crippen molar-refractivity contribution in [1.82, 2.24) is 15.1 Å². The molecule has 1 aromatic heterocycles. The molecule has 0 bridgehead atoms. The molecule has 0 amide bonds. The van der Waals surface area contributed by atoms with Gasteiger partial charge in [-0.25, -0.2) is 0 Å². The number of aromatic nitrogens is 2. The summed E-state index contributed by atoms with van der Waals surface area (Å²) in [6.45, 7) is 9.87. The van der Waals surface area contributed by atoms with Crippen LogP contribution in [0.5, 0.6) is 0 Å². The molecule has 0 aliphatic heterocycles. The molecule has 0 spiro atoms. The molecule has 0 saturated carbocycles. The number of rotatable bonds is 12. The highest BCUT2D eigenvalue weighted by Gasteiger charge is 2.11. The number of hydrogen-bond donors (Lipinski definition) is 1. The molecule has 1 heterocycles. The van der Waals surface area contributed by atoms with Crippen LogP contribution in [0, 0.1) is 0 Å². The summed E-state index contributed by atoms with van der Waals surface area (Å²) in [5.74, 6) is 0. The maximum absolute atomic E-state index is 4.68. The molecule has 3 nitrogen and oxygen atoms in total. The van der Waals surface area contributed by atoms with Crippen LogP contribution in [-0.4, -0.2) is 22.4 Å². The van der Waals surface area contributed by atoms with Crippen molar-refractivity contribution in [2.75, 3.05) is 6.54 Å². The Morgan fingerprint density at radius 1 is 1.10 bits per heavy atom. The molecule has 1 aromatic rings. The molecule has 21 heavy (non-hydrogen) atoms. The molecular weight excluding hydrogens is 258 g/mol. The summed E-state index contributed by atoms with van der Waals surface area (Å²) in [5, 5.41) is 8.30. The molecule has 1 atom stereocenters. The van der Waals surface area contributed by atoms with Crippen molar-refractivity contribution >= 4 is 0 Å². The van der Waals surface area contributed by atoms with Crippen molar-refractivity contribution in [2.24, 2.45) is 0 Å². The quantitative estimate of drug-likeness (QED) is 0.564. The van der Waals surface area contributed by atoms with Gasteiger partial charge in [-0.15, -0.1) is 0 Å². The van der Waals surface area contributed by atoms with Crippen LogP contribution in [0.3, 0.4) is 0 Å². The summed E-state index contributed by atoms with van der Waals surface area (Å²) in [4.78, 5) is 0. The SMILES string of the molecule is CCCCCCCCC(Cc1ccn(C(C)C)n1)NCC. The third-order valence-corrected chi connectivity index (χ3v) is 4.05. The first-order chi connectivity index (χ1) is 10.2. The van der Waals surface area contributed by atoms with Gasteiger partial charge in [0.15, 0.2) is 0 Å². The summed E-state index contributed by atoms with van der Waals surface area (Å²) in [5.41, 5.74) is 1.22. The Morgan fingerprint density at radius 3 is 2.43 bits per heavy atom. The van der Waals surface area contributed by atoms with Crippen molar-refractivity contribution in [3.8, 4) is 0 Å². The fraction of sp³-hybridized carbons (Fsp3) is 0.833. The van der Waals surface area contributed by atoms with Crippen LogP contribution < -0.4 is 5.32 Å². The van der Waals surface area contributed by atoms with Gasteiger partial charge in [-0.05, 0) is 32.9 Å². The zero-order valence-electron chi connectivity index (χ0n) is 14.6. The van der Waals surface area contributed by atoms with E-state index in [2.05, 4.69) is 55.1 Å². The van der Waals surface area contributed by atoms with Gasteiger partial charge < -0.3 is 5.32 Å². The third-order valence-electron chi connectivity index (χ3n) is 4.05. The second-order valence-corrected chi connectivity index (χ2v) is 6.40. The van der Waals surface area contributed by atoms with Crippen LogP contribution in [-0.2, 0) is 6.42 Å². The van der Waals surface area contributed by atoms with Crippen molar-refractivity contribution in [3.63, 3.8) is 0 Å². The maximum Gasteiger partial charge on any atom is 0.0640 e. The Morgan fingerprint density at radius 2 is 1.81 bits per heavy atom. The van der Waals surface area contributed by atoms with Crippen LogP contribution in [0.4, 0.5) is 0 Å². The van der Waals surface area contributed by atoms with E-state index in [1.54, 1.807) is 0 Å². The van der Waals surface area contributed by atoms with Gasteiger partial charge in [0.05, 0.1) is 5.69 Å². The summed E-state index contributed by atoms with van der Waals surface area (Å²) in [7, 11) is 0. The Balaban J connectivity index is 2.31. The Bertz CT molecular complexity index is 357. The lowest BCUT2D eigenvalue weighted by molar-refractivity contribution is 0.450. The van der Waals surface area contributed by atoms with E-state index in [1.807, 2.05) is 0 Å². The lowest BCUT2D eigenvalue weighted by Gasteiger charge is -2.16. The summed E-state index contributed by atoms with van der Waals surface area (Å²) in [6.07, 6.45) is 12.7. The van der Waals surface area contributed by atoms with Crippen LogP contribution in [0.1, 0.15) is 84.4 Å². The predicted molar refractivity (Wildman–Crippen MR) is 91.8 cm³/mol. The highest BCUT2D eigenvalue weighted by Crippen LogP contribution is 2.12. The Kier molecular flexibility index (Phi) is 9.40. The first-order valence-electron chi connectivity index (χ1n) is 8.94. The molecule has 0 radical (unpaired) electrons. The first-order valence-corrected chi connectivity index (χ1v) is 8.94.